The number of pyridine rings is 1. The number of aromatic nitrogens is 1. The molecule has 0 spiro atoms. The molecular weight excluding hydrogens is 396 g/mol. The Hall–Kier alpha value is -3.68. The third-order valence-corrected chi connectivity index (χ3v) is 5.56. The zero-order valence-electron chi connectivity index (χ0n) is 17.1. The maximum atomic E-state index is 12.5. The van der Waals surface area contributed by atoms with E-state index in [4.69, 9.17) is 5.73 Å². The predicted octanol–water partition coefficient (Wildman–Crippen LogP) is 3.25. The number of amides is 1. The van der Waals surface area contributed by atoms with Crippen molar-refractivity contribution < 1.29 is 19.8 Å². The molecular formula is C23H26N4O4. The summed E-state index contributed by atoms with van der Waals surface area (Å²) in [4.78, 5) is 32.7. The van der Waals surface area contributed by atoms with Gasteiger partial charge in [-0.2, -0.15) is 0 Å². The molecule has 1 aromatic carbocycles. The average Bonchev–Trinajstić information content (AvgIpc) is 2.79. The van der Waals surface area contributed by atoms with Crippen LogP contribution in [0.25, 0.3) is 5.57 Å². The van der Waals surface area contributed by atoms with Crippen molar-refractivity contribution in [3.05, 3.63) is 60.1 Å². The molecule has 1 heterocycles. The van der Waals surface area contributed by atoms with Crippen LogP contribution in [0.3, 0.4) is 0 Å². The summed E-state index contributed by atoms with van der Waals surface area (Å²) in [5.41, 5.74) is 6.31. The number of benzene rings is 1. The molecule has 1 aliphatic carbocycles. The largest absolute Gasteiger partial charge is 0.505 e. The number of rotatable bonds is 7. The van der Waals surface area contributed by atoms with Crippen LogP contribution in [0.4, 0.5) is 5.69 Å². The summed E-state index contributed by atoms with van der Waals surface area (Å²) in [6.45, 7) is 0.00171. The Kier molecular flexibility index (Phi) is 7.02. The lowest BCUT2D eigenvalue weighted by molar-refractivity contribution is -0.150. The van der Waals surface area contributed by atoms with E-state index in [0.29, 0.717) is 24.0 Å². The Labute approximate surface area is 180 Å². The summed E-state index contributed by atoms with van der Waals surface area (Å²) in [6, 6.07) is 10.7. The molecule has 1 aromatic heterocycles. The molecule has 0 aliphatic heterocycles. The number of hydrogen-bond acceptors (Lipinski definition) is 6. The zero-order valence-corrected chi connectivity index (χ0v) is 17.1. The van der Waals surface area contributed by atoms with E-state index in [1.165, 1.54) is 18.5 Å². The van der Waals surface area contributed by atoms with E-state index in [0.717, 1.165) is 24.9 Å². The van der Waals surface area contributed by atoms with Crippen LogP contribution in [0, 0.1) is 5.41 Å². The molecule has 0 radical (unpaired) electrons. The van der Waals surface area contributed by atoms with Gasteiger partial charge in [-0.15, -0.1) is 0 Å². The second-order valence-electron chi connectivity index (χ2n) is 7.64. The maximum Gasteiger partial charge on any atom is 0.311 e. The predicted molar refractivity (Wildman–Crippen MR) is 118 cm³/mol. The number of carboxylic acid groups (broad SMARTS) is 1. The third-order valence-electron chi connectivity index (χ3n) is 5.56. The Bertz CT molecular complexity index is 996. The number of carboxylic acids is 1. The van der Waals surface area contributed by atoms with Gasteiger partial charge in [0.25, 0.3) is 5.91 Å². The van der Waals surface area contributed by atoms with Crippen LogP contribution in [0.15, 0.2) is 53.8 Å². The van der Waals surface area contributed by atoms with Crippen LogP contribution < -0.4 is 11.1 Å². The van der Waals surface area contributed by atoms with Gasteiger partial charge in [-0.3, -0.25) is 14.6 Å². The van der Waals surface area contributed by atoms with Crippen molar-refractivity contribution in [2.24, 2.45) is 16.1 Å². The van der Waals surface area contributed by atoms with Gasteiger partial charge >= 0.3 is 5.97 Å². The van der Waals surface area contributed by atoms with Crippen LogP contribution in [-0.2, 0) is 4.79 Å². The quantitative estimate of drug-likeness (QED) is 0.505. The molecule has 8 heteroatoms. The van der Waals surface area contributed by atoms with Gasteiger partial charge in [-0.05, 0) is 31.0 Å². The number of allylic oxidation sites excluding steroid dienone is 1. The van der Waals surface area contributed by atoms with Crippen molar-refractivity contribution in [1.82, 2.24) is 10.3 Å². The molecule has 1 amide bonds. The van der Waals surface area contributed by atoms with Gasteiger partial charge in [0.1, 0.15) is 5.75 Å². The molecule has 1 saturated carbocycles. The van der Waals surface area contributed by atoms with E-state index in [-0.39, 0.29) is 18.0 Å². The fourth-order valence-electron chi connectivity index (χ4n) is 3.69. The fraction of sp³-hybridized carbons (Fsp3) is 0.304. The van der Waals surface area contributed by atoms with Gasteiger partial charge in [0.15, 0.2) is 5.69 Å². The van der Waals surface area contributed by atoms with E-state index in [9.17, 15) is 19.8 Å². The van der Waals surface area contributed by atoms with E-state index >= 15 is 0 Å². The first kappa shape index (κ1) is 22.0. The topological polar surface area (TPSA) is 138 Å². The molecule has 5 N–H and O–H groups in total. The Morgan fingerprint density at radius 3 is 2.52 bits per heavy atom. The van der Waals surface area contributed by atoms with Crippen LogP contribution in [0.2, 0.25) is 0 Å². The molecule has 8 nitrogen and oxygen atoms in total. The third kappa shape index (κ3) is 5.28. The maximum absolute atomic E-state index is 12.5. The minimum absolute atomic E-state index is 0.00171. The molecule has 31 heavy (non-hydrogen) atoms. The summed E-state index contributed by atoms with van der Waals surface area (Å²) < 4.78 is 0. The lowest BCUT2D eigenvalue weighted by Crippen LogP contribution is -2.44. The number of aromatic hydroxyl groups is 1. The minimum Gasteiger partial charge on any atom is -0.505 e. The number of nitrogens with zero attached hydrogens (tertiary/aromatic N) is 2. The van der Waals surface area contributed by atoms with Crippen molar-refractivity contribution >= 4 is 29.4 Å². The minimum atomic E-state index is -0.965. The van der Waals surface area contributed by atoms with Crippen molar-refractivity contribution in [3.63, 3.8) is 0 Å². The molecule has 1 fully saturated rings. The highest BCUT2D eigenvalue weighted by atomic mass is 16.4. The summed E-state index contributed by atoms with van der Waals surface area (Å²) in [5, 5.41) is 22.6. The number of para-hydroxylation sites is 1. The van der Waals surface area contributed by atoms with E-state index in [1.54, 1.807) is 6.21 Å². The highest BCUT2D eigenvalue weighted by Crippen LogP contribution is 2.36. The molecule has 2 aromatic rings. The van der Waals surface area contributed by atoms with Gasteiger partial charge in [-0.1, -0.05) is 37.5 Å². The molecule has 1 aliphatic rings. The monoisotopic (exact) mass is 422 g/mol. The number of hydrogen-bond donors (Lipinski definition) is 4. The summed E-state index contributed by atoms with van der Waals surface area (Å²) in [5.74, 6) is -1.85. The number of aliphatic carboxylic acids is 1. The van der Waals surface area contributed by atoms with Gasteiger partial charge in [-0.25, -0.2) is 4.98 Å². The first-order valence-electron chi connectivity index (χ1n) is 10.2. The summed E-state index contributed by atoms with van der Waals surface area (Å²) >= 11 is 0. The first-order chi connectivity index (χ1) is 14.9. The second-order valence-corrected chi connectivity index (χ2v) is 7.64. The Morgan fingerprint density at radius 1 is 1.19 bits per heavy atom. The fourth-order valence-corrected chi connectivity index (χ4v) is 3.69. The van der Waals surface area contributed by atoms with E-state index in [1.807, 2.05) is 30.3 Å². The molecule has 0 saturated heterocycles. The van der Waals surface area contributed by atoms with Crippen LogP contribution in [-0.4, -0.2) is 39.8 Å². The van der Waals surface area contributed by atoms with Gasteiger partial charge in [0.05, 0.1) is 11.1 Å². The zero-order chi connectivity index (χ0) is 22.3. The molecule has 0 atom stereocenters. The number of nitrogens with one attached hydrogen (secondary N) is 1. The Morgan fingerprint density at radius 2 is 1.90 bits per heavy atom. The van der Waals surface area contributed by atoms with E-state index < -0.39 is 17.3 Å². The number of aliphatic imine (C=N–C) groups is 1. The highest BCUT2D eigenvalue weighted by Gasteiger charge is 2.40. The number of carbonyl (C=O) groups excluding carboxylic acids is 1. The van der Waals surface area contributed by atoms with Gasteiger partial charge in [0, 0.05) is 36.3 Å². The smallest absolute Gasteiger partial charge is 0.311 e. The van der Waals surface area contributed by atoms with E-state index in [2.05, 4.69) is 15.3 Å². The van der Waals surface area contributed by atoms with Crippen molar-refractivity contribution in [1.29, 1.82) is 0 Å². The first-order valence-corrected chi connectivity index (χ1v) is 10.2. The average molecular weight is 422 g/mol. The van der Waals surface area contributed by atoms with Gasteiger partial charge in [0.2, 0.25) is 0 Å². The molecule has 162 valence electrons. The second kappa shape index (κ2) is 9.88. The van der Waals surface area contributed by atoms with Gasteiger partial charge < -0.3 is 21.3 Å². The summed E-state index contributed by atoms with van der Waals surface area (Å²) in [7, 11) is 0. The van der Waals surface area contributed by atoms with Crippen LogP contribution in [0.1, 0.15) is 48.2 Å². The lowest BCUT2D eigenvalue weighted by Gasteiger charge is -2.33. The SMILES string of the molecule is N/C=C(\C=Nc1ccccc1)c1cnc(C(=O)NCC2(C(=O)O)CCCCC2)c(O)c1. The highest BCUT2D eigenvalue weighted by molar-refractivity contribution is 6.10. The van der Waals surface area contributed by atoms with Crippen LogP contribution in [0.5, 0.6) is 5.75 Å². The standard InChI is InChI=1S/C23H26N4O4/c24-12-17(14-25-18-7-3-1-4-8-18)16-11-19(28)20(26-13-16)21(29)27-15-23(22(30)31)9-5-2-6-10-23/h1,3-4,7-8,11-14,28H,2,5-6,9-10,15,24H2,(H,27,29)(H,30,31)/b17-12+,25-14?. The van der Waals surface area contributed by atoms with Crippen molar-refractivity contribution in [2.75, 3.05) is 6.54 Å². The Balaban J connectivity index is 1.71. The molecule has 3 rings (SSSR count). The van der Waals surface area contributed by atoms with Crippen molar-refractivity contribution in [3.8, 4) is 5.75 Å². The normalized spacial score (nSPS) is 16.2. The number of nitrogens with two attached hydrogens (primary N) is 1. The molecule has 0 bridgehead atoms. The molecule has 0 unspecified atom stereocenters. The number of carbonyl (C=O) groups is 2. The van der Waals surface area contributed by atoms with Crippen molar-refractivity contribution in [2.45, 2.75) is 32.1 Å². The van der Waals surface area contributed by atoms with Crippen LogP contribution >= 0.6 is 0 Å². The summed E-state index contributed by atoms with van der Waals surface area (Å²) in [6.07, 6.45) is 7.97. The lowest BCUT2D eigenvalue weighted by atomic mass is 9.74.